The van der Waals surface area contributed by atoms with Gasteiger partial charge in [-0.2, -0.15) is 15.3 Å². The summed E-state index contributed by atoms with van der Waals surface area (Å²) in [7, 11) is 0. The highest BCUT2D eigenvalue weighted by Gasteiger charge is 2.33. The van der Waals surface area contributed by atoms with Crippen LogP contribution < -0.4 is 30.9 Å². The number of aromatic amines is 1. The molecule has 0 aliphatic carbocycles. The molecule has 0 radical (unpaired) electrons. The lowest BCUT2D eigenvalue weighted by molar-refractivity contribution is -0.128. The van der Waals surface area contributed by atoms with Crippen LogP contribution in [0.5, 0.6) is 17.2 Å². The number of amides is 2. The maximum atomic E-state index is 12.9. The van der Waals surface area contributed by atoms with E-state index >= 15 is 0 Å². The summed E-state index contributed by atoms with van der Waals surface area (Å²) < 4.78 is 18.5. The minimum absolute atomic E-state index is 0.0265. The molecule has 19 nitrogen and oxygen atoms in total. The molecule has 5 N–H and O–H groups in total. The monoisotopic (exact) mass is 999 g/mol. The van der Waals surface area contributed by atoms with E-state index in [4.69, 9.17) is 35.8 Å². The van der Waals surface area contributed by atoms with Gasteiger partial charge in [0.1, 0.15) is 29.7 Å². The number of anilines is 3. The predicted octanol–water partition coefficient (Wildman–Crippen LogP) is 6.07. The number of hydrogen-bond donors (Lipinski definition) is 5. The molecule has 1 atom stereocenters. The number of aromatic nitrogens is 5. The van der Waals surface area contributed by atoms with Crippen molar-refractivity contribution in [3.63, 3.8) is 0 Å². The molecule has 0 saturated carbocycles. The maximum Gasteiger partial charge on any atom is 0.348 e. The molecule has 2 aliphatic rings. The summed E-state index contributed by atoms with van der Waals surface area (Å²) in [6, 6.07) is 23.7. The Balaban J connectivity index is 0.778. The number of carbonyl (C=O) groups excluding carboxylic acids is 2. The number of benzene rings is 4. The summed E-state index contributed by atoms with van der Waals surface area (Å²) >= 11 is 6.74. The zero-order valence-electron chi connectivity index (χ0n) is 40.3. The average Bonchev–Trinajstić information content (AvgIpc) is 3.76. The Morgan fingerprint density at radius 1 is 0.958 bits per heavy atom. The van der Waals surface area contributed by atoms with Gasteiger partial charge in [-0.05, 0) is 71.8 Å². The van der Waals surface area contributed by atoms with Crippen LogP contribution in [-0.4, -0.2) is 130 Å². The molecule has 4 aromatic carbocycles. The van der Waals surface area contributed by atoms with Crippen molar-refractivity contribution in [2.75, 3.05) is 87.4 Å². The first-order valence-electron chi connectivity index (χ1n) is 23.9. The molecule has 72 heavy (non-hydrogen) atoms. The average molecular weight is 1000 g/mol. The second-order valence-electron chi connectivity index (χ2n) is 17.6. The number of phenolic OH excluding ortho intramolecular Hbond substituents is 2. The summed E-state index contributed by atoms with van der Waals surface area (Å²) in [6.45, 7) is 12.2. The SMILES string of the molecule is C=CC(=O)N1CCN(c2nc(NCCC(=O)NCCOCCOCCOc3ccc(-n4c(-c5cc(C(C)C)c(O)cc5O)n[nH]c4=O)cc3)nc3c2CCN(c2cccc4cccc(Cl)c24)C3)C[C@@H]1CC#N. The minimum atomic E-state index is -0.492. The lowest BCUT2D eigenvalue weighted by Crippen LogP contribution is -2.55. The summed E-state index contributed by atoms with van der Waals surface area (Å²) in [4.78, 5) is 54.4. The fourth-order valence-electron chi connectivity index (χ4n) is 9.06. The zero-order chi connectivity index (χ0) is 50.7. The van der Waals surface area contributed by atoms with Gasteiger partial charge in [-0.1, -0.05) is 56.3 Å². The molecule has 2 aliphatic heterocycles. The number of nitrogens with one attached hydrogen (secondary N) is 3. The summed E-state index contributed by atoms with van der Waals surface area (Å²) in [5, 5.41) is 46.0. The van der Waals surface area contributed by atoms with Gasteiger partial charge in [0.2, 0.25) is 17.8 Å². The normalized spacial score (nSPS) is 14.5. The molecule has 2 aromatic heterocycles. The van der Waals surface area contributed by atoms with Crippen LogP contribution in [0.4, 0.5) is 17.5 Å². The summed E-state index contributed by atoms with van der Waals surface area (Å²) in [6.07, 6.45) is 2.30. The van der Waals surface area contributed by atoms with Gasteiger partial charge >= 0.3 is 5.69 Å². The lowest BCUT2D eigenvalue weighted by Gasteiger charge is -2.42. The second kappa shape index (κ2) is 23.5. The smallest absolute Gasteiger partial charge is 0.348 e. The molecule has 0 spiro atoms. The van der Waals surface area contributed by atoms with E-state index in [-0.39, 0.29) is 67.1 Å². The molecule has 376 valence electrons. The van der Waals surface area contributed by atoms with Crippen LogP contribution in [-0.2, 0) is 32.0 Å². The van der Waals surface area contributed by atoms with E-state index < -0.39 is 5.69 Å². The molecule has 4 heterocycles. The van der Waals surface area contributed by atoms with Crippen molar-refractivity contribution in [1.82, 2.24) is 34.9 Å². The highest BCUT2D eigenvalue weighted by molar-refractivity contribution is 6.36. The van der Waals surface area contributed by atoms with Crippen LogP contribution in [0.15, 0.2) is 90.2 Å². The number of fused-ring (bicyclic) bond motifs is 2. The standard InChI is InChI=1S/C52H58ClN11O8/c1-4-47(68)63-23-22-62(31-36(63)15-18-54)49-38-17-21-61(43-10-6-8-34-7-5-9-41(53)48(34)43)32-42(38)57-51(58-49)56-19-16-46(67)55-20-24-70-25-26-71-27-28-72-37-13-11-35(12-14-37)64-50(59-60-52(64)69)40-29-39(33(2)3)44(65)30-45(40)66/h4-14,29-30,33,36,65-66H,1,15-17,19-28,31-32H2,2-3H3,(H,55,67)(H,60,69)(H,56,57,58)/t36-/m0/s1. The molecule has 0 bridgehead atoms. The van der Waals surface area contributed by atoms with Crippen molar-refractivity contribution >= 4 is 51.6 Å². The molecule has 2 amide bonds. The molecule has 6 aromatic rings. The quantitative estimate of drug-likeness (QED) is 0.0407. The fraction of sp³-hybridized carbons (Fsp3) is 0.365. The Labute approximate surface area is 421 Å². The number of halogens is 1. The first-order chi connectivity index (χ1) is 34.9. The minimum Gasteiger partial charge on any atom is -0.508 e. The Kier molecular flexibility index (Phi) is 16.6. The molecular weight excluding hydrogens is 942 g/mol. The number of nitrogens with zero attached hydrogens (tertiary/aromatic N) is 8. The number of rotatable bonds is 21. The second-order valence-corrected chi connectivity index (χ2v) is 18.1. The number of H-pyrrole nitrogens is 1. The zero-order valence-corrected chi connectivity index (χ0v) is 41.0. The van der Waals surface area contributed by atoms with Gasteiger partial charge < -0.3 is 49.8 Å². The van der Waals surface area contributed by atoms with Gasteiger partial charge in [0.15, 0.2) is 5.82 Å². The number of nitriles is 1. The summed E-state index contributed by atoms with van der Waals surface area (Å²) in [5.74, 6) is 1.26. The summed E-state index contributed by atoms with van der Waals surface area (Å²) in [5.41, 5.74) is 3.80. The van der Waals surface area contributed by atoms with Crippen LogP contribution in [0.3, 0.4) is 0 Å². The number of ether oxygens (including phenoxy) is 3. The van der Waals surface area contributed by atoms with E-state index in [0.29, 0.717) is 106 Å². The Hall–Kier alpha value is -7.66. The van der Waals surface area contributed by atoms with Crippen LogP contribution >= 0.6 is 11.6 Å². The number of carbonyl (C=O) groups is 2. The van der Waals surface area contributed by atoms with Gasteiger partial charge in [0.05, 0.1) is 73.5 Å². The van der Waals surface area contributed by atoms with E-state index in [9.17, 15) is 29.9 Å². The van der Waals surface area contributed by atoms with Crippen molar-refractivity contribution in [3.05, 3.63) is 118 Å². The van der Waals surface area contributed by atoms with E-state index in [1.165, 1.54) is 16.7 Å². The van der Waals surface area contributed by atoms with Crippen molar-refractivity contribution in [1.29, 1.82) is 5.26 Å². The van der Waals surface area contributed by atoms with Gasteiger partial charge in [-0.3, -0.25) is 9.59 Å². The van der Waals surface area contributed by atoms with Crippen LogP contribution in [0.2, 0.25) is 5.02 Å². The fourth-order valence-corrected chi connectivity index (χ4v) is 9.33. The van der Waals surface area contributed by atoms with Crippen molar-refractivity contribution in [2.45, 2.75) is 51.6 Å². The molecule has 1 saturated heterocycles. The molecule has 1 fully saturated rings. The van der Waals surface area contributed by atoms with E-state index in [2.05, 4.69) is 49.3 Å². The molecule has 0 unspecified atom stereocenters. The molecular formula is C52H58ClN11O8. The van der Waals surface area contributed by atoms with E-state index in [1.807, 2.05) is 44.2 Å². The van der Waals surface area contributed by atoms with Crippen LogP contribution in [0.25, 0.3) is 27.8 Å². The predicted molar refractivity (Wildman–Crippen MR) is 274 cm³/mol. The van der Waals surface area contributed by atoms with Crippen molar-refractivity contribution in [2.24, 2.45) is 0 Å². The maximum absolute atomic E-state index is 12.9. The third-order valence-electron chi connectivity index (χ3n) is 12.6. The number of hydrogen-bond acceptors (Lipinski definition) is 15. The molecule has 20 heteroatoms. The number of phenols is 2. The largest absolute Gasteiger partial charge is 0.508 e. The highest BCUT2D eigenvalue weighted by Crippen LogP contribution is 2.39. The third kappa shape index (κ3) is 11.7. The van der Waals surface area contributed by atoms with E-state index in [1.54, 1.807) is 35.2 Å². The van der Waals surface area contributed by atoms with Crippen LogP contribution in [0, 0.1) is 11.3 Å². The lowest BCUT2D eigenvalue weighted by atomic mass is 9.98. The van der Waals surface area contributed by atoms with Crippen LogP contribution in [0.1, 0.15) is 49.4 Å². The van der Waals surface area contributed by atoms with Crippen molar-refractivity contribution in [3.8, 4) is 40.4 Å². The number of aromatic hydroxyl groups is 2. The highest BCUT2D eigenvalue weighted by atomic mass is 35.5. The first kappa shape index (κ1) is 50.7. The first-order valence-corrected chi connectivity index (χ1v) is 24.3. The van der Waals surface area contributed by atoms with Gasteiger partial charge in [0, 0.05) is 68.4 Å². The Bertz CT molecular complexity index is 3000. The van der Waals surface area contributed by atoms with Gasteiger partial charge in [0.25, 0.3) is 0 Å². The topological polar surface area (TPSA) is 236 Å². The van der Waals surface area contributed by atoms with Gasteiger partial charge in [-0.15, -0.1) is 0 Å². The Morgan fingerprint density at radius 3 is 2.49 bits per heavy atom. The van der Waals surface area contributed by atoms with Crippen molar-refractivity contribution < 1.29 is 34.0 Å². The molecule has 8 rings (SSSR count). The third-order valence-corrected chi connectivity index (χ3v) is 12.9. The van der Waals surface area contributed by atoms with E-state index in [0.717, 1.165) is 33.5 Å². The van der Waals surface area contributed by atoms with Gasteiger partial charge in [-0.25, -0.2) is 19.4 Å². The Morgan fingerprint density at radius 2 is 1.72 bits per heavy atom. The number of piperazine rings is 1.